The molecule has 1 aromatic heterocycles. The lowest BCUT2D eigenvalue weighted by molar-refractivity contribution is 0.0737. The number of rotatable bonds is 5. The van der Waals surface area contributed by atoms with Gasteiger partial charge in [0, 0.05) is 41.2 Å². The molecule has 2 heterocycles. The smallest absolute Gasteiger partial charge is 0.255 e. The second kappa shape index (κ2) is 8.68. The summed E-state index contributed by atoms with van der Waals surface area (Å²) in [7, 11) is 3.73. The Morgan fingerprint density at radius 2 is 1.64 bits per heavy atom. The minimum atomic E-state index is -0.300. The molecule has 36 heavy (non-hydrogen) atoms. The molecular formula is C31H25FN2O2. The first-order chi connectivity index (χ1) is 17.6. The van der Waals surface area contributed by atoms with Crippen molar-refractivity contribution in [2.24, 2.45) is 7.05 Å². The SMILES string of the molecule is COc1cccc(-c2c(C3c4ccccc4C(=O)N3Cc3ccc(F)cc3)c3ccccc3n2C)c1. The predicted octanol–water partition coefficient (Wildman–Crippen LogP) is 6.74. The van der Waals surface area contributed by atoms with Crippen LogP contribution >= 0.6 is 0 Å². The number of aromatic nitrogens is 1. The summed E-state index contributed by atoms with van der Waals surface area (Å²) in [6.07, 6.45) is 0. The van der Waals surface area contributed by atoms with Crippen molar-refractivity contribution in [1.82, 2.24) is 9.47 Å². The van der Waals surface area contributed by atoms with E-state index in [2.05, 4.69) is 29.8 Å². The van der Waals surface area contributed by atoms with Gasteiger partial charge in [0.05, 0.1) is 18.8 Å². The van der Waals surface area contributed by atoms with Crippen LogP contribution in [0, 0.1) is 5.82 Å². The lowest BCUT2D eigenvalue weighted by Crippen LogP contribution is -2.28. The van der Waals surface area contributed by atoms with E-state index in [1.807, 2.05) is 59.5 Å². The van der Waals surface area contributed by atoms with Gasteiger partial charge in [0.15, 0.2) is 0 Å². The second-order valence-electron chi connectivity index (χ2n) is 9.12. The molecule has 0 bridgehead atoms. The first kappa shape index (κ1) is 22.1. The van der Waals surface area contributed by atoms with Crippen LogP contribution in [0.25, 0.3) is 22.2 Å². The Hall–Kier alpha value is -4.38. The fourth-order valence-electron chi connectivity index (χ4n) is 5.45. The number of carbonyl (C=O) groups excluding carboxylic acids is 1. The van der Waals surface area contributed by atoms with E-state index in [1.165, 1.54) is 12.1 Å². The Morgan fingerprint density at radius 3 is 2.44 bits per heavy atom. The molecule has 0 fully saturated rings. The number of halogens is 1. The zero-order chi connectivity index (χ0) is 24.8. The number of aryl methyl sites for hydroxylation is 1. The van der Waals surface area contributed by atoms with Crippen LogP contribution in [0.2, 0.25) is 0 Å². The summed E-state index contributed by atoms with van der Waals surface area (Å²) in [6, 6.07) is 30.2. The molecule has 5 heteroatoms. The van der Waals surface area contributed by atoms with Gasteiger partial charge in [0.2, 0.25) is 0 Å². The maximum absolute atomic E-state index is 13.8. The van der Waals surface area contributed by atoms with E-state index in [0.29, 0.717) is 12.1 Å². The maximum atomic E-state index is 13.8. The van der Waals surface area contributed by atoms with E-state index in [0.717, 1.165) is 44.6 Å². The largest absolute Gasteiger partial charge is 0.497 e. The van der Waals surface area contributed by atoms with Crippen LogP contribution in [0.1, 0.15) is 33.1 Å². The molecule has 178 valence electrons. The zero-order valence-electron chi connectivity index (χ0n) is 20.1. The molecular weight excluding hydrogens is 451 g/mol. The van der Waals surface area contributed by atoms with Gasteiger partial charge in [0.25, 0.3) is 5.91 Å². The Labute approximate surface area is 209 Å². The highest BCUT2D eigenvalue weighted by Gasteiger charge is 2.40. The number of ether oxygens (including phenoxy) is 1. The predicted molar refractivity (Wildman–Crippen MR) is 139 cm³/mol. The molecule has 6 rings (SSSR count). The quantitative estimate of drug-likeness (QED) is 0.282. The molecule has 1 amide bonds. The van der Waals surface area contributed by atoms with Crippen molar-refractivity contribution >= 4 is 16.8 Å². The van der Waals surface area contributed by atoms with Crippen molar-refractivity contribution in [3.05, 3.63) is 125 Å². The van der Waals surface area contributed by atoms with Crippen LogP contribution in [0.3, 0.4) is 0 Å². The molecule has 1 aliphatic heterocycles. The summed E-state index contributed by atoms with van der Waals surface area (Å²) < 4.78 is 21.3. The monoisotopic (exact) mass is 476 g/mol. The molecule has 1 unspecified atom stereocenters. The van der Waals surface area contributed by atoms with Crippen LogP contribution in [-0.4, -0.2) is 22.5 Å². The highest BCUT2D eigenvalue weighted by atomic mass is 19.1. The number of hydrogen-bond acceptors (Lipinski definition) is 2. The first-order valence-electron chi connectivity index (χ1n) is 11.9. The average Bonchev–Trinajstić information content (AvgIpc) is 3.36. The van der Waals surface area contributed by atoms with Crippen molar-refractivity contribution < 1.29 is 13.9 Å². The molecule has 1 aliphatic rings. The van der Waals surface area contributed by atoms with Gasteiger partial charge in [-0.15, -0.1) is 0 Å². The third-order valence-corrected chi connectivity index (χ3v) is 7.09. The van der Waals surface area contributed by atoms with Crippen molar-refractivity contribution in [3.8, 4) is 17.0 Å². The van der Waals surface area contributed by atoms with E-state index >= 15 is 0 Å². The summed E-state index contributed by atoms with van der Waals surface area (Å²) in [5.41, 5.74) is 6.77. The number of benzene rings is 4. The van der Waals surface area contributed by atoms with Crippen molar-refractivity contribution in [2.45, 2.75) is 12.6 Å². The molecule has 4 nitrogen and oxygen atoms in total. The van der Waals surface area contributed by atoms with E-state index in [-0.39, 0.29) is 17.8 Å². The summed E-state index contributed by atoms with van der Waals surface area (Å²) in [5.74, 6) is 0.458. The third-order valence-electron chi connectivity index (χ3n) is 7.09. The summed E-state index contributed by atoms with van der Waals surface area (Å²) in [6.45, 7) is 0.374. The van der Waals surface area contributed by atoms with E-state index in [9.17, 15) is 9.18 Å². The number of para-hydroxylation sites is 1. The van der Waals surface area contributed by atoms with Gasteiger partial charge in [-0.25, -0.2) is 4.39 Å². The van der Waals surface area contributed by atoms with Gasteiger partial charge in [-0.1, -0.05) is 60.7 Å². The molecule has 0 spiro atoms. The molecule has 1 atom stereocenters. The Morgan fingerprint density at radius 1 is 0.889 bits per heavy atom. The first-order valence-corrected chi connectivity index (χ1v) is 11.9. The minimum absolute atomic E-state index is 0.0237. The van der Waals surface area contributed by atoms with Crippen LogP contribution in [0.4, 0.5) is 4.39 Å². The third kappa shape index (κ3) is 3.47. The summed E-state index contributed by atoms with van der Waals surface area (Å²) in [5, 5.41) is 1.09. The van der Waals surface area contributed by atoms with E-state index in [1.54, 1.807) is 19.2 Å². The topological polar surface area (TPSA) is 34.5 Å². The summed E-state index contributed by atoms with van der Waals surface area (Å²) in [4.78, 5) is 15.7. The number of hydrogen-bond donors (Lipinski definition) is 0. The number of methoxy groups -OCH3 is 1. The van der Waals surface area contributed by atoms with Gasteiger partial charge >= 0.3 is 0 Å². The lowest BCUT2D eigenvalue weighted by Gasteiger charge is -2.27. The van der Waals surface area contributed by atoms with Gasteiger partial charge < -0.3 is 14.2 Å². The molecule has 0 N–H and O–H groups in total. The molecule has 0 saturated carbocycles. The van der Waals surface area contributed by atoms with E-state index in [4.69, 9.17) is 4.74 Å². The molecule has 4 aromatic carbocycles. The average molecular weight is 477 g/mol. The zero-order valence-corrected chi connectivity index (χ0v) is 20.1. The van der Waals surface area contributed by atoms with Crippen LogP contribution < -0.4 is 4.74 Å². The molecule has 5 aromatic rings. The van der Waals surface area contributed by atoms with Gasteiger partial charge in [-0.2, -0.15) is 0 Å². The Bertz CT molecular complexity index is 1600. The number of nitrogens with zero attached hydrogens (tertiary/aromatic N) is 2. The van der Waals surface area contributed by atoms with Crippen LogP contribution in [0.5, 0.6) is 5.75 Å². The highest BCUT2D eigenvalue weighted by molar-refractivity contribution is 6.02. The number of amides is 1. The molecule has 0 saturated heterocycles. The normalized spacial score (nSPS) is 14.9. The fraction of sp³-hybridized carbons (Fsp3) is 0.129. The van der Waals surface area contributed by atoms with Gasteiger partial charge in [-0.05, 0) is 47.5 Å². The number of carbonyl (C=O) groups is 1. The Balaban J connectivity index is 1.62. The second-order valence-corrected chi connectivity index (χ2v) is 9.12. The van der Waals surface area contributed by atoms with Gasteiger partial charge in [0.1, 0.15) is 11.6 Å². The molecule has 0 aliphatic carbocycles. The minimum Gasteiger partial charge on any atom is -0.497 e. The van der Waals surface area contributed by atoms with Crippen molar-refractivity contribution in [3.63, 3.8) is 0 Å². The van der Waals surface area contributed by atoms with E-state index < -0.39 is 0 Å². The van der Waals surface area contributed by atoms with Crippen LogP contribution in [-0.2, 0) is 13.6 Å². The molecule has 0 radical (unpaired) electrons. The lowest BCUT2D eigenvalue weighted by atomic mass is 9.93. The number of fused-ring (bicyclic) bond motifs is 2. The summed E-state index contributed by atoms with van der Waals surface area (Å²) >= 11 is 0. The fourth-order valence-corrected chi connectivity index (χ4v) is 5.45. The standard InChI is InChI=1S/C31H25FN2O2/c1-33-27-13-6-5-12-26(27)28(29(33)21-8-7-9-23(18-21)36-2)30-24-10-3-4-11-25(24)31(35)34(30)19-20-14-16-22(32)17-15-20/h3-18,30H,19H2,1-2H3. The van der Waals surface area contributed by atoms with Crippen molar-refractivity contribution in [2.75, 3.05) is 7.11 Å². The maximum Gasteiger partial charge on any atom is 0.255 e. The van der Waals surface area contributed by atoms with Crippen molar-refractivity contribution in [1.29, 1.82) is 0 Å². The van der Waals surface area contributed by atoms with Crippen LogP contribution in [0.15, 0.2) is 97.1 Å². The Kier molecular flexibility index (Phi) is 5.33. The van der Waals surface area contributed by atoms with Gasteiger partial charge in [-0.3, -0.25) is 4.79 Å². The highest BCUT2D eigenvalue weighted by Crippen LogP contribution is 2.47.